The van der Waals surface area contributed by atoms with Crippen molar-refractivity contribution in [2.75, 3.05) is 0 Å². The molecular formula is C15H17N2O2+. The van der Waals surface area contributed by atoms with E-state index in [1.807, 2.05) is 30.3 Å². The number of nitrogens with zero attached hydrogens (tertiary/aromatic N) is 1. The van der Waals surface area contributed by atoms with Crippen LogP contribution >= 0.6 is 0 Å². The summed E-state index contributed by atoms with van der Waals surface area (Å²) in [4.78, 5) is 12.0. The Morgan fingerprint density at radius 2 is 2.00 bits per heavy atom. The molecule has 0 unspecified atom stereocenters. The SMILES string of the molecule is C[C@@H](C(=O)NCc1ccccc1)[n+]1cccc(O)c1. The first kappa shape index (κ1) is 13.1. The molecule has 1 amide bonds. The number of carbonyl (C=O) groups excluding carboxylic acids is 1. The normalized spacial score (nSPS) is 11.8. The number of rotatable bonds is 4. The molecule has 1 aromatic heterocycles. The third-order valence-electron chi connectivity index (χ3n) is 2.94. The largest absolute Gasteiger partial charge is 0.503 e. The Balaban J connectivity index is 1.96. The second kappa shape index (κ2) is 6.00. The van der Waals surface area contributed by atoms with E-state index in [0.717, 1.165) is 5.56 Å². The third kappa shape index (κ3) is 3.55. The number of aromatic nitrogens is 1. The van der Waals surface area contributed by atoms with E-state index in [-0.39, 0.29) is 17.7 Å². The van der Waals surface area contributed by atoms with Crippen LogP contribution in [0.2, 0.25) is 0 Å². The van der Waals surface area contributed by atoms with Crippen LogP contribution in [0.4, 0.5) is 0 Å². The fourth-order valence-electron chi connectivity index (χ4n) is 1.79. The predicted octanol–water partition coefficient (Wildman–Crippen LogP) is 1.56. The van der Waals surface area contributed by atoms with E-state index >= 15 is 0 Å². The van der Waals surface area contributed by atoms with Crippen molar-refractivity contribution < 1.29 is 14.5 Å². The van der Waals surface area contributed by atoms with Crippen molar-refractivity contribution in [1.82, 2.24) is 5.32 Å². The first-order valence-corrected chi connectivity index (χ1v) is 6.18. The van der Waals surface area contributed by atoms with Gasteiger partial charge in [-0.2, -0.15) is 4.57 Å². The van der Waals surface area contributed by atoms with Crippen LogP contribution in [0.1, 0.15) is 18.5 Å². The molecule has 2 aromatic rings. The Kier molecular flexibility index (Phi) is 4.13. The number of amides is 1. The molecule has 0 radical (unpaired) electrons. The summed E-state index contributed by atoms with van der Waals surface area (Å²) in [5.74, 6) is 0.0599. The van der Waals surface area contributed by atoms with Gasteiger partial charge in [-0.3, -0.25) is 4.79 Å². The molecule has 0 spiro atoms. The monoisotopic (exact) mass is 257 g/mol. The summed E-state index contributed by atoms with van der Waals surface area (Å²) in [6.07, 6.45) is 3.29. The predicted molar refractivity (Wildman–Crippen MR) is 71.3 cm³/mol. The molecule has 19 heavy (non-hydrogen) atoms. The van der Waals surface area contributed by atoms with Crippen LogP contribution in [-0.4, -0.2) is 11.0 Å². The van der Waals surface area contributed by atoms with Gasteiger partial charge in [-0.1, -0.05) is 30.3 Å². The van der Waals surface area contributed by atoms with Crippen LogP contribution in [0, 0.1) is 0 Å². The summed E-state index contributed by atoms with van der Waals surface area (Å²) in [5, 5.41) is 12.3. The second-order valence-electron chi connectivity index (χ2n) is 4.39. The lowest BCUT2D eigenvalue weighted by Crippen LogP contribution is -2.46. The Morgan fingerprint density at radius 3 is 2.68 bits per heavy atom. The lowest BCUT2D eigenvalue weighted by Gasteiger charge is -2.08. The minimum atomic E-state index is -0.365. The molecule has 0 aliphatic carbocycles. The van der Waals surface area contributed by atoms with Crippen LogP contribution < -0.4 is 9.88 Å². The number of benzene rings is 1. The van der Waals surface area contributed by atoms with Crippen molar-refractivity contribution in [2.24, 2.45) is 0 Å². The van der Waals surface area contributed by atoms with Gasteiger partial charge in [0.05, 0.1) is 0 Å². The summed E-state index contributed by atoms with van der Waals surface area (Å²) in [6, 6.07) is 12.7. The number of carbonyl (C=O) groups is 1. The van der Waals surface area contributed by atoms with E-state index < -0.39 is 0 Å². The van der Waals surface area contributed by atoms with Crippen molar-refractivity contribution in [3.8, 4) is 5.75 Å². The summed E-state index contributed by atoms with van der Waals surface area (Å²) in [5.41, 5.74) is 1.06. The van der Waals surface area contributed by atoms with E-state index in [4.69, 9.17) is 0 Å². The van der Waals surface area contributed by atoms with Crippen molar-refractivity contribution in [2.45, 2.75) is 19.5 Å². The van der Waals surface area contributed by atoms with Gasteiger partial charge in [-0.15, -0.1) is 0 Å². The number of nitrogens with one attached hydrogen (secondary N) is 1. The molecule has 2 N–H and O–H groups in total. The number of aromatic hydroxyl groups is 1. The molecule has 1 heterocycles. The van der Waals surface area contributed by atoms with Gasteiger partial charge in [0.25, 0.3) is 5.91 Å². The zero-order valence-corrected chi connectivity index (χ0v) is 10.8. The van der Waals surface area contributed by atoms with Gasteiger partial charge in [0.1, 0.15) is 0 Å². The van der Waals surface area contributed by atoms with Crippen LogP contribution in [0.15, 0.2) is 54.9 Å². The lowest BCUT2D eigenvalue weighted by atomic mass is 10.2. The molecule has 98 valence electrons. The first-order chi connectivity index (χ1) is 9.16. The summed E-state index contributed by atoms with van der Waals surface area (Å²) < 4.78 is 1.68. The van der Waals surface area contributed by atoms with Gasteiger partial charge in [-0.25, -0.2) is 0 Å². The highest BCUT2D eigenvalue weighted by Gasteiger charge is 2.21. The van der Waals surface area contributed by atoms with E-state index in [9.17, 15) is 9.90 Å². The Hall–Kier alpha value is -2.36. The minimum Gasteiger partial charge on any atom is -0.503 e. The molecule has 1 atom stereocenters. The van der Waals surface area contributed by atoms with E-state index in [1.165, 1.54) is 6.20 Å². The number of pyridine rings is 1. The maximum absolute atomic E-state index is 12.0. The highest BCUT2D eigenvalue weighted by Crippen LogP contribution is 2.04. The zero-order valence-electron chi connectivity index (χ0n) is 10.8. The Bertz CT molecular complexity index is 555. The zero-order chi connectivity index (χ0) is 13.7. The quantitative estimate of drug-likeness (QED) is 0.817. The van der Waals surface area contributed by atoms with Gasteiger partial charge < -0.3 is 10.4 Å². The molecular weight excluding hydrogens is 240 g/mol. The van der Waals surface area contributed by atoms with Gasteiger partial charge in [-0.05, 0) is 11.6 Å². The van der Waals surface area contributed by atoms with E-state index in [0.29, 0.717) is 6.54 Å². The van der Waals surface area contributed by atoms with Crippen molar-refractivity contribution >= 4 is 5.91 Å². The molecule has 2 rings (SSSR count). The van der Waals surface area contributed by atoms with Crippen molar-refractivity contribution in [1.29, 1.82) is 0 Å². The van der Waals surface area contributed by atoms with Crippen LogP contribution in [0.5, 0.6) is 5.75 Å². The van der Waals surface area contributed by atoms with E-state index in [2.05, 4.69) is 5.32 Å². The molecule has 4 heteroatoms. The van der Waals surface area contributed by atoms with Crippen molar-refractivity contribution in [3.63, 3.8) is 0 Å². The summed E-state index contributed by atoms with van der Waals surface area (Å²) >= 11 is 0. The van der Waals surface area contributed by atoms with E-state index in [1.54, 1.807) is 29.8 Å². The topological polar surface area (TPSA) is 53.2 Å². The fourth-order valence-corrected chi connectivity index (χ4v) is 1.79. The number of hydrogen-bond donors (Lipinski definition) is 2. The molecule has 0 bridgehead atoms. The highest BCUT2D eigenvalue weighted by atomic mass is 16.3. The van der Waals surface area contributed by atoms with Gasteiger partial charge in [0.15, 0.2) is 11.9 Å². The molecule has 0 aliphatic rings. The van der Waals surface area contributed by atoms with Gasteiger partial charge in [0.2, 0.25) is 12.2 Å². The summed E-state index contributed by atoms with van der Waals surface area (Å²) in [6.45, 7) is 2.29. The molecule has 1 aromatic carbocycles. The maximum atomic E-state index is 12.0. The summed E-state index contributed by atoms with van der Waals surface area (Å²) in [7, 11) is 0. The molecule has 0 fully saturated rings. The third-order valence-corrected chi connectivity index (χ3v) is 2.94. The molecule has 0 aliphatic heterocycles. The smallest absolute Gasteiger partial charge is 0.289 e. The number of hydrogen-bond acceptors (Lipinski definition) is 2. The van der Waals surface area contributed by atoms with Crippen LogP contribution in [-0.2, 0) is 11.3 Å². The minimum absolute atomic E-state index is 0.0838. The second-order valence-corrected chi connectivity index (χ2v) is 4.39. The highest BCUT2D eigenvalue weighted by molar-refractivity contribution is 5.78. The first-order valence-electron chi connectivity index (χ1n) is 6.18. The molecule has 4 nitrogen and oxygen atoms in total. The fraction of sp³-hybridized carbons (Fsp3) is 0.200. The standard InChI is InChI=1S/C15H16N2O2/c1-12(17-9-5-8-14(18)11-17)15(19)16-10-13-6-3-2-4-7-13/h2-9,11-12H,10H2,1H3,(H-,16,18,19)/p+1/t12-/m0/s1. The maximum Gasteiger partial charge on any atom is 0.289 e. The molecule has 0 saturated carbocycles. The Labute approximate surface area is 112 Å². The van der Waals surface area contributed by atoms with Crippen LogP contribution in [0.3, 0.4) is 0 Å². The lowest BCUT2D eigenvalue weighted by molar-refractivity contribution is -0.706. The van der Waals surface area contributed by atoms with Gasteiger partial charge >= 0.3 is 0 Å². The average Bonchev–Trinajstić information content (AvgIpc) is 2.45. The van der Waals surface area contributed by atoms with Crippen molar-refractivity contribution in [3.05, 3.63) is 60.4 Å². The average molecular weight is 257 g/mol. The Morgan fingerprint density at radius 1 is 1.26 bits per heavy atom. The molecule has 0 saturated heterocycles. The van der Waals surface area contributed by atoms with Gasteiger partial charge in [0, 0.05) is 19.5 Å². The van der Waals surface area contributed by atoms with Crippen LogP contribution in [0.25, 0.3) is 0 Å².